The fourth-order valence-corrected chi connectivity index (χ4v) is 4.20. The fraction of sp³-hybridized carbons (Fsp3) is 0.304. The van der Waals surface area contributed by atoms with E-state index < -0.39 is 0 Å². The van der Waals surface area contributed by atoms with Crippen molar-refractivity contribution in [3.05, 3.63) is 64.4 Å². The number of carbonyl (C=O) groups excluding carboxylic acids is 2. The fourth-order valence-electron chi connectivity index (χ4n) is 3.21. The molecule has 0 fully saturated rings. The molecule has 7 nitrogen and oxygen atoms in total. The number of amides is 2. The highest BCUT2D eigenvalue weighted by Crippen LogP contribution is 2.22. The first-order chi connectivity index (χ1) is 15.4. The van der Waals surface area contributed by atoms with Gasteiger partial charge in [0.05, 0.1) is 12.2 Å². The van der Waals surface area contributed by atoms with Crippen molar-refractivity contribution < 1.29 is 9.59 Å². The van der Waals surface area contributed by atoms with Crippen molar-refractivity contribution in [3.8, 4) is 0 Å². The third-order valence-corrected chi connectivity index (χ3v) is 6.11. The molecule has 3 rings (SSSR count). The van der Waals surface area contributed by atoms with Crippen molar-refractivity contribution in [2.45, 2.75) is 45.3 Å². The lowest BCUT2D eigenvalue weighted by atomic mass is 10.1. The average Bonchev–Trinajstić information content (AvgIpc) is 3.16. The van der Waals surface area contributed by atoms with E-state index in [-0.39, 0.29) is 24.0 Å². The van der Waals surface area contributed by atoms with Gasteiger partial charge in [-0.25, -0.2) is 0 Å². The summed E-state index contributed by atoms with van der Waals surface area (Å²) in [6.07, 6.45) is 0.937. The van der Waals surface area contributed by atoms with Gasteiger partial charge in [-0.3, -0.25) is 9.59 Å². The monoisotopic (exact) mass is 471 g/mol. The van der Waals surface area contributed by atoms with E-state index >= 15 is 0 Å². The molecule has 2 amide bonds. The number of nitrogens with one attached hydrogen (secondary N) is 2. The SMILES string of the molecule is CCc1ccccc1NC(=O)Cc1nnc(SCC(=O)Nc2cc(Cl)ccc2C)n1CC. The molecule has 0 radical (unpaired) electrons. The normalized spacial score (nSPS) is 10.8. The van der Waals surface area contributed by atoms with Gasteiger partial charge in [0, 0.05) is 22.9 Å². The van der Waals surface area contributed by atoms with E-state index in [9.17, 15) is 9.59 Å². The van der Waals surface area contributed by atoms with Gasteiger partial charge >= 0.3 is 0 Å². The Balaban J connectivity index is 1.61. The molecular formula is C23H26ClN5O2S. The summed E-state index contributed by atoms with van der Waals surface area (Å²) < 4.78 is 1.86. The van der Waals surface area contributed by atoms with Gasteiger partial charge in [-0.1, -0.05) is 54.6 Å². The maximum atomic E-state index is 12.6. The minimum Gasteiger partial charge on any atom is -0.325 e. The van der Waals surface area contributed by atoms with Crippen LogP contribution in [0.1, 0.15) is 30.8 Å². The third kappa shape index (κ3) is 6.11. The molecule has 1 aromatic heterocycles. The Labute approximate surface area is 197 Å². The van der Waals surface area contributed by atoms with Crippen LogP contribution in [0.25, 0.3) is 0 Å². The van der Waals surface area contributed by atoms with Crippen LogP contribution in [-0.4, -0.2) is 32.3 Å². The Kier molecular flexibility index (Phi) is 8.30. The van der Waals surface area contributed by atoms with E-state index in [0.717, 1.165) is 23.2 Å². The highest BCUT2D eigenvalue weighted by Gasteiger charge is 2.17. The molecule has 0 spiro atoms. The second-order valence-corrected chi connectivity index (χ2v) is 8.55. The lowest BCUT2D eigenvalue weighted by Crippen LogP contribution is -2.19. The van der Waals surface area contributed by atoms with Gasteiger partial charge in [0.25, 0.3) is 0 Å². The van der Waals surface area contributed by atoms with Crippen molar-refractivity contribution >= 4 is 46.6 Å². The van der Waals surface area contributed by atoms with Crippen LogP contribution < -0.4 is 10.6 Å². The van der Waals surface area contributed by atoms with Gasteiger partial charge in [-0.05, 0) is 49.6 Å². The molecular weight excluding hydrogens is 446 g/mol. The molecule has 9 heteroatoms. The number of hydrogen-bond donors (Lipinski definition) is 2. The molecule has 0 saturated heterocycles. The van der Waals surface area contributed by atoms with Crippen molar-refractivity contribution in [1.82, 2.24) is 14.8 Å². The quantitative estimate of drug-likeness (QED) is 0.440. The predicted molar refractivity (Wildman–Crippen MR) is 129 cm³/mol. The highest BCUT2D eigenvalue weighted by molar-refractivity contribution is 7.99. The van der Waals surface area contributed by atoms with Crippen LogP contribution in [0.2, 0.25) is 5.02 Å². The van der Waals surface area contributed by atoms with Crippen LogP contribution in [0.4, 0.5) is 11.4 Å². The lowest BCUT2D eigenvalue weighted by Gasteiger charge is -2.11. The van der Waals surface area contributed by atoms with Crippen molar-refractivity contribution in [1.29, 1.82) is 0 Å². The summed E-state index contributed by atoms with van der Waals surface area (Å²) in [5.74, 6) is 0.410. The second-order valence-electron chi connectivity index (χ2n) is 7.17. The number of para-hydroxylation sites is 1. The Morgan fingerprint density at radius 2 is 1.78 bits per heavy atom. The van der Waals surface area contributed by atoms with E-state index in [2.05, 4.69) is 20.8 Å². The van der Waals surface area contributed by atoms with Gasteiger partial charge < -0.3 is 15.2 Å². The van der Waals surface area contributed by atoms with Gasteiger partial charge in [-0.15, -0.1) is 10.2 Å². The van der Waals surface area contributed by atoms with Crippen LogP contribution in [0.5, 0.6) is 0 Å². The van der Waals surface area contributed by atoms with Gasteiger partial charge in [-0.2, -0.15) is 0 Å². The van der Waals surface area contributed by atoms with Crippen LogP contribution in [-0.2, 0) is 29.0 Å². The minimum atomic E-state index is -0.165. The molecule has 0 bridgehead atoms. The topological polar surface area (TPSA) is 88.9 Å². The van der Waals surface area contributed by atoms with Crippen LogP contribution in [0, 0.1) is 6.92 Å². The Bertz CT molecular complexity index is 1120. The number of halogens is 1. The molecule has 1 heterocycles. The molecule has 0 saturated carbocycles. The average molecular weight is 472 g/mol. The van der Waals surface area contributed by atoms with E-state index in [1.165, 1.54) is 11.8 Å². The van der Waals surface area contributed by atoms with Crippen molar-refractivity contribution in [2.75, 3.05) is 16.4 Å². The molecule has 0 aliphatic carbocycles. The van der Waals surface area contributed by atoms with E-state index in [1.807, 2.05) is 55.7 Å². The summed E-state index contributed by atoms with van der Waals surface area (Å²) in [5.41, 5.74) is 3.51. The third-order valence-electron chi connectivity index (χ3n) is 4.91. The molecule has 32 heavy (non-hydrogen) atoms. The molecule has 3 aromatic rings. The number of carbonyl (C=O) groups is 2. The highest BCUT2D eigenvalue weighted by atomic mass is 35.5. The summed E-state index contributed by atoms with van der Waals surface area (Å²) in [5, 5.41) is 15.4. The predicted octanol–water partition coefficient (Wildman–Crippen LogP) is 4.73. The first kappa shape index (κ1) is 23.8. The maximum Gasteiger partial charge on any atom is 0.234 e. The number of benzene rings is 2. The van der Waals surface area contributed by atoms with Crippen LogP contribution >= 0.6 is 23.4 Å². The molecule has 2 aromatic carbocycles. The smallest absolute Gasteiger partial charge is 0.234 e. The molecule has 0 atom stereocenters. The molecule has 0 aliphatic rings. The lowest BCUT2D eigenvalue weighted by molar-refractivity contribution is -0.116. The first-order valence-electron chi connectivity index (χ1n) is 10.4. The van der Waals surface area contributed by atoms with E-state index in [0.29, 0.717) is 28.2 Å². The summed E-state index contributed by atoms with van der Waals surface area (Å²) in [4.78, 5) is 25.0. The zero-order valence-corrected chi connectivity index (χ0v) is 19.9. The van der Waals surface area contributed by atoms with Crippen LogP contribution in [0.15, 0.2) is 47.6 Å². The van der Waals surface area contributed by atoms with Crippen LogP contribution in [0.3, 0.4) is 0 Å². The Morgan fingerprint density at radius 3 is 2.53 bits per heavy atom. The van der Waals surface area contributed by atoms with E-state index in [4.69, 9.17) is 11.6 Å². The Hall–Kier alpha value is -2.84. The van der Waals surface area contributed by atoms with Crippen molar-refractivity contribution in [2.24, 2.45) is 0 Å². The Morgan fingerprint density at radius 1 is 1.03 bits per heavy atom. The number of rotatable bonds is 9. The van der Waals surface area contributed by atoms with Crippen molar-refractivity contribution in [3.63, 3.8) is 0 Å². The summed E-state index contributed by atoms with van der Waals surface area (Å²) in [7, 11) is 0. The molecule has 0 unspecified atom stereocenters. The number of nitrogens with zero attached hydrogens (tertiary/aromatic N) is 3. The number of anilines is 2. The standard InChI is InChI=1S/C23H26ClN5O2S/c1-4-16-8-6-7-9-18(16)25-21(30)13-20-27-28-23(29(20)5-2)32-14-22(31)26-19-12-17(24)11-10-15(19)3/h6-12H,4-5,13-14H2,1-3H3,(H,25,30)(H,26,31). The number of aryl methyl sites for hydroxylation is 2. The summed E-state index contributed by atoms with van der Waals surface area (Å²) in [6, 6.07) is 13.1. The first-order valence-corrected chi connectivity index (χ1v) is 11.8. The maximum absolute atomic E-state index is 12.6. The number of aromatic nitrogens is 3. The largest absolute Gasteiger partial charge is 0.325 e. The molecule has 168 valence electrons. The molecule has 2 N–H and O–H groups in total. The zero-order chi connectivity index (χ0) is 23.1. The zero-order valence-electron chi connectivity index (χ0n) is 18.3. The van der Waals surface area contributed by atoms with Gasteiger partial charge in [0.2, 0.25) is 11.8 Å². The molecule has 0 aliphatic heterocycles. The minimum absolute atomic E-state index is 0.105. The number of hydrogen-bond acceptors (Lipinski definition) is 5. The summed E-state index contributed by atoms with van der Waals surface area (Å²) >= 11 is 7.29. The second kappa shape index (κ2) is 11.2. The van der Waals surface area contributed by atoms with Gasteiger partial charge in [0.15, 0.2) is 5.16 Å². The summed E-state index contributed by atoms with van der Waals surface area (Å²) in [6.45, 7) is 6.50. The van der Waals surface area contributed by atoms with E-state index in [1.54, 1.807) is 12.1 Å². The number of thioether (sulfide) groups is 1. The van der Waals surface area contributed by atoms with Gasteiger partial charge in [0.1, 0.15) is 5.82 Å².